The zero-order chi connectivity index (χ0) is 13.0. The second-order valence-electron chi connectivity index (χ2n) is 4.20. The minimum atomic E-state index is -0.0486. The SMILES string of the molecule is COc1ccc(C(C)C)cc1N(C)C(=O)CS. The molecule has 0 heterocycles. The topological polar surface area (TPSA) is 29.5 Å². The van der Waals surface area contributed by atoms with Crippen LogP contribution in [0.2, 0.25) is 0 Å². The number of thiol groups is 1. The number of anilines is 1. The number of nitrogens with zero attached hydrogens (tertiary/aromatic N) is 1. The van der Waals surface area contributed by atoms with Crippen LogP contribution < -0.4 is 9.64 Å². The summed E-state index contributed by atoms with van der Waals surface area (Å²) < 4.78 is 5.28. The van der Waals surface area contributed by atoms with Crippen molar-refractivity contribution >= 4 is 24.2 Å². The highest BCUT2D eigenvalue weighted by Crippen LogP contribution is 2.31. The van der Waals surface area contributed by atoms with Gasteiger partial charge in [-0.2, -0.15) is 12.6 Å². The van der Waals surface area contributed by atoms with Crippen LogP contribution in [-0.4, -0.2) is 25.8 Å². The van der Waals surface area contributed by atoms with Gasteiger partial charge in [-0.1, -0.05) is 19.9 Å². The van der Waals surface area contributed by atoms with Gasteiger partial charge < -0.3 is 9.64 Å². The van der Waals surface area contributed by atoms with Crippen LogP contribution in [-0.2, 0) is 4.79 Å². The van der Waals surface area contributed by atoms with Gasteiger partial charge >= 0.3 is 0 Å². The maximum Gasteiger partial charge on any atom is 0.236 e. The van der Waals surface area contributed by atoms with Crippen molar-refractivity contribution < 1.29 is 9.53 Å². The van der Waals surface area contributed by atoms with Gasteiger partial charge in [-0.25, -0.2) is 0 Å². The first-order valence-electron chi connectivity index (χ1n) is 5.56. The predicted molar refractivity (Wildman–Crippen MR) is 74.3 cm³/mol. The van der Waals surface area contributed by atoms with Gasteiger partial charge in [0.05, 0.1) is 18.6 Å². The Bertz CT molecular complexity index is 404. The number of ether oxygens (including phenoxy) is 1. The molecule has 0 unspecified atom stereocenters. The second kappa shape index (κ2) is 5.96. The third-order valence-electron chi connectivity index (χ3n) is 2.74. The molecule has 0 saturated heterocycles. The summed E-state index contributed by atoms with van der Waals surface area (Å²) in [4.78, 5) is 13.2. The summed E-state index contributed by atoms with van der Waals surface area (Å²) in [6, 6.07) is 5.91. The number of benzene rings is 1. The van der Waals surface area contributed by atoms with Gasteiger partial charge in [-0.05, 0) is 23.6 Å². The van der Waals surface area contributed by atoms with E-state index in [2.05, 4.69) is 26.5 Å². The highest BCUT2D eigenvalue weighted by molar-refractivity contribution is 7.81. The zero-order valence-electron chi connectivity index (χ0n) is 10.7. The summed E-state index contributed by atoms with van der Waals surface area (Å²) in [6.07, 6.45) is 0. The van der Waals surface area contributed by atoms with E-state index in [1.54, 1.807) is 19.1 Å². The van der Waals surface area contributed by atoms with Crippen LogP contribution >= 0.6 is 12.6 Å². The fraction of sp³-hybridized carbons (Fsp3) is 0.462. The quantitative estimate of drug-likeness (QED) is 0.836. The van der Waals surface area contributed by atoms with Crippen molar-refractivity contribution in [2.75, 3.05) is 24.8 Å². The molecule has 1 aromatic rings. The number of hydrogen-bond acceptors (Lipinski definition) is 3. The molecule has 1 amide bonds. The van der Waals surface area contributed by atoms with E-state index in [9.17, 15) is 4.79 Å². The lowest BCUT2D eigenvalue weighted by Crippen LogP contribution is -2.27. The maximum atomic E-state index is 11.7. The molecule has 0 N–H and O–H groups in total. The van der Waals surface area contributed by atoms with Gasteiger partial charge in [0.1, 0.15) is 5.75 Å². The minimum absolute atomic E-state index is 0.0486. The second-order valence-corrected chi connectivity index (χ2v) is 4.51. The number of hydrogen-bond donors (Lipinski definition) is 1. The van der Waals surface area contributed by atoms with Crippen molar-refractivity contribution in [2.45, 2.75) is 19.8 Å². The van der Waals surface area contributed by atoms with Crippen molar-refractivity contribution in [3.05, 3.63) is 23.8 Å². The first-order valence-corrected chi connectivity index (χ1v) is 6.19. The average molecular weight is 253 g/mol. The summed E-state index contributed by atoms with van der Waals surface area (Å²) >= 11 is 4.00. The summed E-state index contributed by atoms with van der Waals surface area (Å²) in [5.74, 6) is 1.25. The Morgan fingerprint density at radius 1 is 1.47 bits per heavy atom. The molecule has 0 saturated carbocycles. The Labute approximate surface area is 108 Å². The molecule has 4 heteroatoms. The molecule has 1 aromatic carbocycles. The molecule has 1 rings (SSSR count). The van der Waals surface area contributed by atoms with Crippen LogP contribution in [0.25, 0.3) is 0 Å². The molecule has 0 aliphatic heterocycles. The molecular formula is C13H19NO2S. The fourth-order valence-corrected chi connectivity index (χ4v) is 1.78. The number of methoxy groups -OCH3 is 1. The molecule has 0 bridgehead atoms. The monoisotopic (exact) mass is 253 g/mol. The van der Waals surface area contributed by atoms with Gasteiger partial charge in [-0.3, -0.25) is 4.79 Å². The number of carbonyl (C=O) groups excluding carboxylic acids is 1. The van der Waals surface area contributed by atoms with Gasteiger partial charge in [0.2, 0.25) is 5.91 Å². The molecule has 0 radical (unpaired) electrons. The van der Waals surface area contributed by atoms with E-state index in [0.717, 1.165) is 5.69 Å². The molecule has 0 aliphatic carbocycles. The molecular weight excluding hydrogens is 234 g/mol. The smallest absolute Gasteiger partial charge is 0.236 e. The van der Waals surface area contributed by atoms with Crippen LogP contribution in [0.5, 0.6) is 5.75 Å². The van der Waals surface area contributed by atoms with Crippen molar-refractivity contribution in [1.82, 2.24) is 0 Å². The van der Waals surface area contributed by atoms with Crippen LogP contribution in [0.1, 0.15) is 25.3 Å². The Morgan fingerprint density at radius 2 is 2.12 bits per heavy atom. The van der Waals surface area contributed by atoms with Gasteiger partial charge in [0.25, 0.3) is 0 Å². The first kappa shape index (κ1) is 13.9. The standard InChI is InChI=1S/C13H19NO2S/c1-9(2)10-5-6-12(16-4)11(7-10)14(3)13(15)8-17/h5-7,9,17H,8H2,1-4H3. The Hall–Kier alpha value is -1.16. The van der Waals surface area contributed by atoms with Gasteiger partial charge in [-0.15, -0.1) is 0 Å². The third-order valence-corrected chi connectivity index (χ3v) is 3.01. The molecule has 0 spiro atoms. The summed E-state index contributed by atoms with van der Waals surface area (Å²) in [5, 5.41) is 0. The Morgan fingerprint density at radius 3 is 2.59 bits per heavy atom. The summed E-state index contributed by atoms with van der Waals surface area (Å²) in [6.45, 7) is 4.23. The lowest BCUT2D eigenvalue weighted by molar-refractivity contribution is -0.115. The molecule has 0 fully saturated rings. The number of carbonyl (C=O) groups is 1. The summed E-state index contributed by atoms with van der Waals surface area (Å²) in [5.41, 5.74) is 1.97. The molecule has 0 atom stereocenters. The zero-order valence-corrected chi connectivity index (χ0v) is 11.6. The fourth-order valence-electron chi connectivity index (χ4n) is 1.57. The van der Waals surface area contributed by atoms with Crippen molar-refractivity contribution in [1.29, 1.82) is 0 Å². The van der Waals surface area contributed by atoms with Crippen molar-refractivity contribution in [3.8, 4) is 5.75 Å². The van der Waals surface area contributed by atoms with E-state index in [1.165, 1.54) is 5.56 Å². The average Bonchev–Trinajstić information content (AvgIpc) is 2.35. The normalized spacial score (nSPS) is 10.5. The highest BCUT2D eigenvalue weighted by atomic mass is 32.1. The van der Waals surface area contributed by atoms with E-state index in [0.29, 0.717) is 11.7 Å². The minimum Gasteiger partial charge on any atom is -0.495 e. The molecule has 17 heavy (non-hydrogen) atoms. The molecule has 94 valence electrons. The Kier molecular flexibility index (Phi) is 4.87. The number of amides is 1. The maximum absolute atomic E-state index is 11.7. The van der Waals surface area contributed by atoms with Crippen LogP contribution in [0, 0.1) is 0 Å². The van der Waals surface area contributed by atoms with E-state index in [4.69, 9.17) is 4.74 Å². The third kappa shape index (κ3) is 3.16. The molecule has 0 aliphatic rings. The van der Waals surface area contributed by atoms with Crippen LogP contribution in [0.15, 0.2) is 18.2 Å². The van der Waals surface area contributed by atoms with E-state index < -0.39 is 0 Å². The largest absolute Gasteiger partial charge is 0.495 e. The number of rotatable bonds is 4. The van der Waals surface area contributed by atoms with Gasteiger partial charge in [0.15, 0.2) is 0 Å². The van der Waals surface area contributed by atoms with Crippen molar-refractivity contribution in [2.24, 2.45) is 0 Å². The first-order chi connectivity index (χ1) is 8.01. The molecule has 3 nitrogen and oxygen atoms in total. The Balaban J connectivity index is 3.18. The van der Waals surface area contributed by atoms with E-state index in [1.807, 2.05) is 18.2 Å². The van der Waals surface area contributed by atoms with E-state index >= 15 is 0 Å². The highest BCUT2D eigenvalue weighted by Gasteiger charge is 2.15. The lowest BCUT2D eigenvalue weighted by Gasteiger charge is -2.21. The van der Waals surface area contributed by atoms with Crippen molar-refractivity contribution in [3.63, 3.8) is 0 Å². The predicted octanol–water partition coefficient (Wildman–Crippen LogP) is 2.71. The van der Waals surface area contributed by atoms with Crippen LogP contribution in [0.4, 0.5) is 5.69 Å². The lowest BCUT2D eigenvalue weighted by atomic mass is 10.0. The summed E-state index contributed by atoms with van der Waals surface area (Å²) in [7, 11) is 3.34. The van der Waals surface area contributed by atoms with Gasteiger partial charge in [0, 0.05) is 7.05 Å². The molecule has 0 aromatic heterocycles. The van der Waals surface area contributed by atoms with Crippen LogP contribution in [0.3, 0.4) is 0 Å². The van der Waals surface area contributed by atoms with E-state index in [-0.39, 0.29) is 11.7 Å².